The van der Waals surface area contributed by atoms with Crippen LogP contribution in [-0.4, -0.2) is 19.3 Å². The van der Waals surface area contributed by atoms with Gasteiger partial charge >= 0.3 is 0 Å². The lowest BCUT2D eigenvalue weighted by Crippen LogP contribution is -2.23. The number of hydrogen-bond acceptors (Lipinski definition) is 5. The minimum absolute atomic E-state index is 0.0776. The molecule has 3 rings (SSSR count). The molecule has 0 saturated carbocycles. The number of rotatable bonds is 6. The van der Waals surface area contributed by atoms with Crippen molar-refractivity contribution in [2.75, 3.05) is 4.72 Å². The number of anilines is 1. The lowest BCUT2D eigenvalue weighted by molar-refractivity contribution is 0.0951. The number of hydrogen-bond donors (Lipinski definition) is 2. The number of amides is 1. The van der Waals surface area contributed by atoms with Crippen molar-refractivity contribution in [1.29, 1.82) is 0 Å². The summed E-state index contributed by atoms with van der Waals surface area (Å²) in [6.07, 6.45) is 1.48. The predicted octanol–water partition coefficient (Wildman–Crippen LogP) is 4.83. The molecule has 11 heteroatoms. The molecule has 0 saturated heterocycles. The number of thiazole rings is 1. The Hall–Kier alpha value is -1.84. The lowest BCUT2D eigenvalue weighted by Gasteiger charge is -2.10. The van der Waals surface area contributed by atoms with Crippen LogP contribution in [0, 0.1) is 0 Å². The minimum Gasteiger partial charge on any atom is -0.348 e. The molecule has 146 valence electrons. The number of nitrogens with zero attached hydrogens (tertiary/aromatic N) is 1. The molecular weight excluding hydrogens is 465 g/mol. The van der Waals surface area contributed by atoms with Crippen LogP contribution in [0.5, 0.6) is 0 Å². The quantitative estimate of drug-likeness (QED) is 0.533. The monoisotopic (exact) mass is 475 g/mol. The fraction of sp³-hybridized carbons (Fsp3) is 0.0588. The standard InChI is InChI=1S/C17H12Cl3N3O3S2/c18-12-3-1-10(7-13(12)19)9-22-16(24)11-2-4-15(14(20)8-11)28(25,26)23-17-21-5-6-27-17/h1-8H,9H2,(H,21,23)(H,22,24). The maximum Gasteiger partial charge on any atom is 0.265 e. The van der Waals surface area contributed by atoms with Crippen LogP contribution < -0.4 is 10.0 Å². The molecule has 0 bridgehead atoms. The fourth-order valence-electron chi connectivity index (χ4n) is 2.24. The van der Waals surface area contributed by atoms with Crippen LogP contribution in [0.2, 0.25) is 15.1 Å². The van der Waals surface area contributed by atoms with Crippen molar-refractivity contribution in [1.82, 2.24) is 10.3 Å². The smallest absolute Gasteiger partial charge is 0.265 e. The van der Waals surface area contributed by atoms with Gasteiger partial charge in [0.25, 0.3) is 15.9 Å². The van der Waals surface area contributed by atoms with Gasteiger partial charge in [-0.15, -0.1) is 11.3 Å². The van der Waals surface area contributed by atoms with Gasteiger partial charge in [0.1, 0.15) is 4.90 Å². The van der Waals surface area contributed by atoms with Gasteiger partial charge in [0, 0.05) is 23.7 Å². The van der Waals surface area contributed by atoms with Crippen LogP contribution in [0.4, 0.5) is 5.13 Å². The summed E-state index contributed by atoms with van der Waals surface area (Å²) < 4.78 is 27.2. The summed E-state index contributed by atoms with van der Waals surface area (Å²) in [4.78, 5) is 16.1. The third-order valence-electron chi connectivity index (χ3n) is 3.57. The number of nitrogens with one attached hydrogen (secondary N) is 2. The van der Waals surface area contributed by atoms with Crippen molar-refractivity contribution in [2.24, 2.45) is 0 Å². The zero-order valence-corrected chi connectivity index (χ0v) is 17.8. The van der Waals surface area contributed by atoms with Crippen molar-refractivity contribution < 1.29 is 13.2 Å². The second-order valence-corrected chi connectivity index (χ2v) is 9.29. The van der Waals surface area contributed by atoms with Crippen LogP contribution in [0.15, 0.2) is 52.9 Å². The fourth-order valence-corrected chi connectivity index (χ4v) is 4.89. The Bertz CT molecular complexity index is 1120. The molecule has 6 nitrogen and oxygen atoms in total. The predicted molar refractivity (Wildman–Crippen MR) is 112 cm³/mol. The van der Waals surface area contributed by atoms with Gasteiger partial charge < -0.3 is 5.32 Å². The molecule has 0 unspecified atom stereocenters. The minimum atomic E-state index is -3.91. The van der Waals surface area contributed by atoms with E-state index < -0.39 is 15.9 Å². The van der Waals surface area contributed by atoms with Crippen molar-refractivity contribution in [3.63, 3.8) is 0 Å². The number of carbonyl (C=O) groups is 1. The van der Waals surface area contributed by atoms with Gasteiger partial charge in [-0.1, -0.05) is 40.9 Å². The zero-order valence-electron chi connectivity index (χ0n) is 13.9. The number of aromatic nitrogens is 1. The molecule has 3 aromatic rings. The van der Waals surface area contributed by atoms with Gasteiger partial charge in [-0.25, -0.2) is 13.4 Å². The first-order chi connectivity index (χ1) is 13.3. The highest BCUT2D eigenvalue weighted by molar-refractivity contribution is 7.93. The van der Waals surface area contributed by atoms with E-state index in [1.807, 2.05) is 0 Å². The van der Waals surface area contributed by atoms with Gasteiger partial charge in [0.2, 0.25) is 0 Å². The van der Waals surface area contributed by atoms with Crippen LogP contribution >= 0.6 is 46.1 Å². The summed E-state index contributed by atoms with van der Waals surface area (Å²) in [5.74, 6) is -0.412. The molecule has 1 amide bonds. The Balaban J connectivity index is 1.72. The number of halogens is 3. The molecule has 2 N–H and O–H groups in total. The molecule has 0 aliphatic heterocycles. The molecule has 1 aromatic heterocycles. The molecular formula is C17H12Cl3N3O3S2. The van der Waals surface area contributed by atoms with Gasteiger partial charge in [-0.05, 0) is 35.9 Å². The third kappa shape index (κ3) is 4.95. The van der Waals surface area contributed by atoms with Crippen LogP contribution in [0.25, 0.3) is 0 Å². The van der Waals surface area contributed by atoms with Crippen LogP contribution in [0.3, 0.4) is 0 Å². The highest BCUT2D eigenvalue weighted by atomic mass is 35.5. The summed E-state index contributed by atoms with van der Waals surface area (Å²) in [6, 6.07) is 8.97. The molecule has 0 atom stereocenters. The Morgan fingerprint density at radius 1 is 1.04 bits per heavy atom. The highest BCUT2D eigenvalue weighted by Gasteiger charge is 2.20. The zero-order chi connectivity index (χ0) is 20.3. The lowest BCUT2D eigenvalue weighted by atomic mass is 10.2. The van der Waals surface area contributed by atoms with E-state index in [4.69, 9.17) is 34.8 Å². The second-order valence-electron chi connectivity index (χ2n) is 5.52. The van der Waals surface area contributed by atoms with E-state index in [1.165, 1.54) is 24.4 Å². The van der Waals surface area contributed by atoms with Crippen molar-refractivity contribution >= 4 is 67.2 Å². The summed E-state index contributed by atoms with van der Waals surface area (Å²) in [5, 5.41) is 5.31. The summed E-state index contributed by atoms with van der Waals surface area (Å²) in [5.41, 5.74) is 0.985. The molecule has 0 spiro atoms. The highest BCUT2D eigenvalue weighted by Crippen LogP contribution is 2.26. The first-order valence-electron chi connectivity index (χ1n) is 7.70. The Labute approximate surface area is 180 Å². The van der Waals surface area contributed by atoms with E-state index in [9.17, 15) is 13.2 Å². The van der Waals surface area contributed by atoms with Gasteiger partial charge in [-0.2, -0.15) is 0 Å². The summed E-state index contributed by atoms with van der Waals surface area (Å²) in [6.45, 7) is 0.221. The molecule has 2 aromatic carbocycles. The van der Waals surface area contributed by atoms with E-state index in [0.717, 1.165) is 16.9 Å². The Morgan fingerprint density at radius 3 is 2.46 bits per heavy atom. The number of carbonyl (C=O) groups excluding carboxylic acids is 1. The van der Waals surface area contributed by atoms with E-state index >= 15 is 0 Å². The van der Waals surface area contributed by atoms with E-state index in [0.29, 0.717) is 10.0 Å². The van der Waals surface area contributed by atoms with Crippen molar-refractivity contribution in [3.8, 4) is 0 Å². The normalized spacial score (nSPS) is 11.2. The van der Waals surface area contributed by atoms with E-state index in [2.05, 4.69) is 15.0 Å². The summed E-state index contributed by atoms with van der Waals surface area (Å²) in [7, 11) is -3.91. The van der Waals surface area contributed by atoms with Crippen molar-refractivity contribution in [2.45, 2.75) is 11.4 Å². The third-order valence-corrected chi connectivity index (χ3v) is 6.95. The molecule has 0 aliphatic rings. The number of sulfonamides is 1. The topological polar surface area (TPSA) is 88.2 Å². The maximum absolute atomic E-state index is 12.4. The summed E-state index contributed by atoms with van der Waals surface area (Å²) >= 11 is 19.1. The average molecular weight is 477 g/mol. The van der Waals surface area contributed by atoms with E-state index in [1.54, 1.807) is 23.6 Å². The van der Waals surface area contributed by atoms with Gasteiger partial charge in [-0.3, -0.25) is 9.52 Å². The largest absolute Gasteiger partial charge is 0.348 e. The average Bonchev–Trinajstić information content (AvgIpc) is 3.14. The maximum atomic E-state index is 12.4. The first-order valence-corrected chi connectivity index (χ1v) is 11.2. The molecule has 0 aliphatic carbocycles. The number of benzene rings is 2. The molecule has 1 heterocycles. The van der Waals surface area contributed by atoms with E-state index in [-0.39, 0.29) is 27.2 Å². The van der Waals surface area contributed by atoms with Crippen molar-refractivity contribution in [3.05, 3.63) is 74.2 Å². The second kappa shape index (κ2) is 8.67. The van der Waals surface area contributed by atoms with Crippen LogP contribution in [-0.2, 0) is 16.6 Å². The molecule has 0 radical (unpaired) electrons. The van der Waals surface area contributed by atoms with Crippen LogP contribution in [0.1, 0.15) is 15.9 Å². The Morgan fingerprint density at radius 2 is 1.82 bits per heavy atom. The molecule has 28 heavy (non-hydrogen) atoms. The SMILES string of the molecule is O=C(NCc1ccc(Cl)c(Cl)c1)c1ccc(S(=O)(=O)Nc2nccs2)c(Cl)c1. The Kier molecular flexibility index (Phi) is 6.47. The first kappa shape index (κ1) is 20.9. The molecule has 0 fully saturated rings. The van der Waals surface area contributed by atoms with Gasteiger partial charge in [0.05, 0.1) is 15.1 Å². The van der Waals surface area contributed by atoms with Gasteiger partial charge in [0.15, 0.2) is 5.13 Å².